The van der Waals surface area contributed by atoms with E-state index in [1.54, 1.807) is 22.5 Å². The molecule has 0 spiro atoms. The molecule has 0 saturated heterocycles. The van der Waals surface area contributed by atoms with Crippen molar-refractivity contribution >= 4 is 22.7 Å². The molecule has 1 amide bonds. The largest absolute Gasteiger partial charge is 0.352 e. The van der Waals surface area contributed by atoms with E-state index >= 15 is 0 Å². The number of Topliss-reactive ketones (excluding diaryl/α,β-unsaturated/α-hetero) is 1. The normalized spacial score (nSPS) is 16.2. The monoisotopic (exact) mass is 441 g/mol. The Hall–Kier alpha value is -2.35. The molecular weight excluding hydrogens is 410 g/mol. The van der Waals surface area contributed by atoms with Gasteiger partial charge in [-0.15, -0.1) is 0 Å². The third kappa shape index (κ3) is 6.09. The fraction of sp³-hybridized carbons (Fsp3) is 0.417. The van der Waals surface area contributed by atoms with Gasteiger partial charge in [0.25, 0.3) is 5.91 Å². The molecule has 31 heavy (non-hydrogen) atoms. The van der Waals surface area contributed by atoms with Gasteiger partial charge in [-0.1, -0.05) is 38.1 Å². The van der Waals surface area contributed by atoms with E-state index in [0.29, 0.717) is 29.1 Å². The summed E-state index contributed by atoms with van der Waals surface area (Å²) in [5.74, 6) is -0.263. The third-order valence-electron chi connectivity index (χ3n) is 5.30. The molecule has 7 heteroatoms. The molecule has 2 N–H and O–H groups in total. The molecule has 0 fully saturated rings. The number of fused-ring (bicyclic) bond motifs is 1. The number of ketones is 1. The van der Waals surface area contributed by atoms with Gasteiger partial charge in [0, 0.05) is 30.8 Å². The predicted octanol–water partition coefficient (Wildman–Crippen LogP) is 3.09. The number of carbonyl (C=O) groups excluding carboxylic acids is 2. The lowest BCUT2D eigenvalue weighted by molar-refractivity contribution is 0.0942. The third-order valence-corrected chi connectivity index (χ3v) is 6.80. The molecule has 0 aliphatic carbocycles. The molecular formula is C24H31N3O3S. The number of amides is 1. The minimum absolute atomic E-state index is 0.0504. The molecule has 0 radical (unpaired) electrons. The van der Waals surface area contributed by atoms with Gasteiger partial charge >= 0.3 is 0 Å². The number of nitrogens with one attached hydrogen (secondary N) is 2. The molecule has 1 heterocycles. The highest BCUT2D eigenvalue weighted by Gasteiger charge is 2.29. The van der Waals surface area contributed by atoms with E-state index in [-0.39, 0.29) is 18.2 Å². The average molecular weight is 442 g/mol. The number of rotatable bonds is 10. The Labute approximate surface area is 187 Å². The summed E-state index contributed by atoms with van der Waals surface area (Å²) in [7, 11) is -1.41. The van der Waals surface area contributed by atoms with Crippen LogP contribution in [-0.4, -0.2) is 46.4 Å². The number of carbonyl (C=O) groups is 2. The van der Waals surface area contributed by atoms with E-state index in [1.165, 1.54) is 11.1 Å². The summed E-state index contributed by atoms with van der Waals surface area (Å²) in [5, 5.41) is 6.31. The summed E-state index contributed by atoms with van der Waals surface area (Å²) >= 11 is 0. The van der Waals surface area contributed by atoms with Crippen LogP contribution in [0.4, 0.5) is 0 Å². The zero-order valence-corrected chi connectivity index (χ0v) is 19.1. The Morgan fingerprint density at radius 2 is 1.90 bits per heavy atom. The van der Waals surface area contributed by atoms with Crippen molar-refractivity contribution in [2.75, 3.05) is 26.2 Å². The molecule has 1 aliphatic rings. The van der Waals surface area contributed by atoms with Crippen molar-refractivity contribution < 1.29 is 13.8 Å². The highest BCUT2D eigenvalue weighted by molar-refractivity contribution is 7.83. The highest BCUT2D eigenvalue weighted by atomic mass is 32.2. The second-order valence-corrected chi connectivity index (χ2v) is 9.16. The second-order valence-electron chi connectivity index (χ2n) is 7.71. The van der Waals surface area contributed by atoms with E-state index in [0.717, 1.165) is 32.4 Å². The lowest BCUT2D eigenvalue weighted by atomic mass is 10.1. The van der Waals surface area contributed by atoms with Gasteiger partial charge in [0.05, 0.1) is 11.4 Å². The van der Waals surface area contributed by atoms with Crippen molar-refractivity contribution in [3.8, 4) is 0 Å². The molecule has 3 rings (SSSR count). The van der Waals surface area contributed by atoms with Crippen molar-refractivity contribution in [2.45, 2.75) is 44.6 Å². The van der Waals surface area contributed by atoms with Crippen LogP contribution in [0.15, 0.2) is 47.4 Å². The first kappa shape index (κ1) is 23.3. The van der Waals surface area contributed by atoms with Crippen LogP contribution in [0.25, 0.3) is 0 Å². The van der Waals surface area contributed by atoms with Gasteiger partial charge in [0.1, 0.15) is 11.0 Å². The molecule has 1 aliphatic heterocycles. The summed E-state index contributed by atoms with van der Waals surface area (Å²) in [4.78, 5) is 25.3. The van der Waals surface area contributed by atoms with Crippen molar-refractivity contribution in [3.05, 3.63) is 64.7 Å². The van der Waals surface area contributed by atoms with Crippen molar-refractivity contribution in [2.24, 2.45) is 0 Å². The molecule has 6 nitrogen and oxygen atoms in total. The number of hydrogen-bond acceptors (Lipinski definition) is 4. The minimum Gasteiger partial charge on any atom is -0.352 e. The SMILES string of the molecule is CCCN1CC(=O)c2ccc(C(=O)NCCCNCc3cccc(CC)c3)cc2S1=O. The minimum atomic E-state index is -1.41. The summed E-state index contributed by atoms with van der Waals surface area (Å²) in [6.07, 6.45) is 2.65. The summed E-state index contributed by atoms with van der Waals surface area (Å²) < 4.78 is 14.4. The van der Waals surface area contributed by atoms with Crippen LogP contribution in [-0.2, 0) is 24.0 Å². The Balaban J connectivity index is 1.48. The number of benzene rings is 2. The molecule has 0 saturated carbocycles. The predicted molar refractivity (Wildman–Crippen MR) is 124 cm³/mol. The van der Waals surface area contributed by atoms with Crippen LogP contribution in [0, 0.1) is 0 Å². The van der Waals surface area contributed by atoms with Crippen molar-refractivity contribution in [1.82, 2.24) is 14.9 Å². The molecule has 166 valence electrons. The van der Waals surface area contributed by atoms with Crippen LogP contribution in [0.1, 0.15) is 58.5 Å². The van der Waals surface area contributed by atoms with Gasteiger partial charge in [-0.2, -0.15) is 0 Å². The first-order valence-electron chi connectivity index (χ1n) is 10.9. The van der Waals surface area contributed by atoms with Crippen LogP contribution in [0.3, 0.4) is 0 Å². The quantitative estimate of drug-likeness (QED) is 0.556. The van der Waals surface area contributed by atoms with E-state index in [1.807, 2.05) is 6.92 Å². The molecule has 1 unspecified atom stereocenters. The Morgan fingerprint density at radius 1 is 1.10 bits per heavy atom. The Morgan fingerprint density at radius 3 is 2.68 bits per heavy atom. The second kappa shape index (κ2) is 11.3. The van der Waals surface area contributed by atoms with Crippen LogP contribution in [0.5, 0.6) is 0 Å². The number of hydrogen-bond donors (Lipinski definition) is 2. The van der Waals surface area contributed by atoms with Crippen LogP contribution < -0.4 is 10.6 Å². The lowest BCUT2D eigenvalue weighted by Crippen LogP contribution is -2.38. The van der Waals surface area contributed by atoms with Crippen LogP contribution >= 0.6 is 0 Å². The highest BCUT2D eigenvalue weighted by Crippen LogP contribution is 2.24. The summed E-state index contributed by atoms with van der Waals surface area (Å²) in [5.41, 5.74) is 3.48. The average Bonchev–Trinajstić information content (AvgIpc) is 2.79. The fourth-order valence-electron chi connectivity index (χ4n) is 3.60. The molecule has 0 aromatic heterocycles. The topological polar surface area (TPSA) is 78.5 Å². The van der Waals surface area contributed by atoms with Gasteiger partial charge in [-0.05, 0) is 55.1 Å². The zero-order chi connectivity index (χ0) is 22.2. The van der Waals surface area contributed by atoms with Crippen molar-refractivity contribution in [1.29, 1.82) is 0 Å². The first-order chi connectivity index (χ1) is 15.0. The molecule has 1 atom stereocenters. The van der Waals surface area contributed by atoms with Gasteiger partial charge in [0.15, 0.2) is 5.78 Å². The van der Waals surface area contributed by atoms with Gasteiger partial charge < -0.3 is 10.6 Å². The summed E-state index contributed by atoms with van der Waals surface area (Å²) in [6, 6.07) is 13.4. The van der Waals surface area contributed by atoms with E-state index < -0.39 is 11.0 Å². The number of aryl methyl sites for hydroxylation is 1. The fourth-order valence-corrected chi connectivity index (χ4v) is 5.06. The maximum atomic E-state index is 12.8. The van der Waals surface area contributed by atoms with Crippen molar-refractivity contribution in [3.63, 3.8) is 0 Å². The van der Waals surface area contributed by atoms with Gasteiger partial charge in [-0.3, -0.25) is 9.59 Å². The lowest BCUT2D eigenvalue weighted by Gasteiger charge is -2.26. The van der Waals surface area contributed by atoms with Crippen LogP contribution in [0.2, 0.25) is 0 Å². The van der Waals surface area contributed by atoms with E-state index in [4.69, 9.17) is 0 Å². The molecule has 2 aromatic carbocycles. The maximum absolute atomic E-state index is 12.8. The maximum Gasteiger partial charge on any atom is 0.251 e. The standard InChI is InChI=1S/C24H31N3O3S/c1-3-13-27-17-22(28)21-10-9-20(15-23(21)31(27)30)24(29)26-12-6-11-25-16-19-8-5-7-18(4-2)14-19/h5,7-10,14-15,25H,3-4,6,11-13,16-17H2,1-2H3,(H,26,29). The summed E-state index contributed by atoms with van der Waals surface area (Å²) in [6.45, 7) is 7.03. The molecule has 2 aromatic rings. The van der Waals surface area contributed by atoms with Gasteiger partial charge in [0.2, 0.25) is 0 Å². The van der Waals surface area contributed by atoms with E-state index in [9.17, 15) is 13.8 Å². The zero-order valence-electron chi connectivity index (χ0n) is 18.3. The Bertz CT molecular complexity index is 961. The van der Waals surface area contributed by atoms with E-state index in [2.05, 4.69) is 41.8 Å². The van der Waals surface area contributed by atoms with Gasteiger partial charge in [-0.25, -0.2) is 8.51 Å². The smallest absolute Gasteiger partial charge is 0.251 e. The first-order valence-corrected chi connectivity index (χ1v) is 12.0. The number of nitrogens with zero attached hydrogens (tertiary/aromatic N) is 1. The molecule has 0 bridgehead atoms. The Kier molecular flexibility index (Phi) is 8.51.